The van der Waals surface area contributed by atoms with Crippen LogP contribution in [0.25, 0.3) is 22.4 Å². The second kappa shape index (κ2) is 10.1. The Morgan fingerprint density at radius 3 is 2.76 bits per heavy atom. The highest BCUT2D eigenvalue weighted by molar-refractivity contribution is 5.96. The molecule has 14 heteroatoms. The average molecular weight is 522 g/mol. The molecule has 0 unspecified atom stereocenters. The summed E-state index contributed by atoms with van der Waals surface area (Å²) >= 11 is 0. The smallest absolute Gasteiger partial charge is 0.379 e. The standard InChI is InChI=1S/C23H27F4N9O/c1-34-7-6-18(16(24)12-34)29-17-4-3-5-19-15(17)8-20(36(19)13-23(25,26)27)22-30-21(37-32-22)10-28-9-14-11-35(2)33-31-14/h3-5,8,11,16,18,28-29H,6-7,9-10,12-13H2,1-2H3/t16-,18+/m0/s1. The van der Waals surface area contributed by atoms with Crippen LogP contribution in [0.5, 0.6) is 0 Å². The van der Waals surface area contributed by atoms with E-state index in [1.165, 1.54) is 0 Å². The van der Waals surface area contributed by atoms with Gasteiger partial charge in [0.05, 0.1) is 29.5 Å². The Hall–Kier alpha value is -3.52. The maximum absolute atomic E-state index is 14.7. The molecule has 0 bridgehead atoms. The van der Waals surface area contributed by atoms with Gasteiger partial charge < -0.3 is 24.6 Å². The van der Waals surface area contributed by atoms with Gasteiger partial charge in [-0.15, -0.1) is 5.10 Å². The number of nitrogens with zero attached hydrogens (tertiary/aromatic N) is 7. The molecular formula is C23H27F4N9O. The van der Waals surface area contributed by atoms with E-state index < -0.39 is 24.9 Å². The second-order valence-corrected chi connectivity index (χ2v) is 9.29. The van der Waals surface area contributed by atoms with Gasteiger partial charge in [-0.05, 0) is 31.7 Å². The first kappa shape index (κ1) is 25.1. The van der Waals surface area contributed by atoms with Crippen molar-refractivity contribution in [3.05, 3.63) is 42.0 Å². The molecule has 1 fully saturated rings. The molecule has 198 valence electrons. The molecule has 0 saturated carbocycles. The van der Waals surface area contributed by atoms with Crippen molar-refractivity contribution in [1.29, 1.82) is 0 Å². The fourth-order valence-electron chi connectivity index (χ4n) is 4.57. The van der Waals surface area contributed by atoms with Crippen LogP contribution >= 0.6 is 0 Å². The number of hydrogen-bond donors (Lipinski definition) is 2. The van der Waals surface area contributed by atoms with E-state index in [-0.39, 0.29) is 24.0 Å². The van der Waals surface area contributed by atoms with Crippen LogP contribution in [0.1, 0.15) is 18.0 Å². The Bertz CT molecular complexity index is 1360. The van der Waals surface area contributed by atoms with Gasteiger partial charge in [0.15, 0.2) is 0 Å². The first-order valence-corrected chi connectivity index (χ1v) is 11.8. The summed E-state index contributed by atoms with van der Waals surface area (Å²) in [6, 6.07) is 6.15. The molecule has 2 atom stereocenters. The van der Waals surface area contributed by atoms with E-state index in [1.807, 2.05) is 11.9 Å². The van der Waals surface area contributed by atoms with Crippen molar-refractivity contribution < 1.29 is 22.1 Å². The summed E-state index contributed by atoms with van der Waals surface area (Å²) in [4.78, 5) is 6.23. The van der Waals surface area contributed by atoms with E-state index >= 15 is 0 Å². The topological polar surface area (TPSA) is 102 Å². The normalized spacial score (nSPS) is 19.1. The summed E-state index contributed by atoms with van der Waals surface area (Å²) in [5, 5.41) is 18.6. The maximum Gasteiger partial charge on any atom is 0.406 e. The Morgan fingerprint density at radius 1 is 1.19 bits per heavy atom. The third-order valence-electron chi connectivity index (χ3n) is 6.30. The highest BCUT2D eigenvalue weighted by Gasteiger charge is 2.32. The zero-order chi connectivity index (χ0) is 26.2. The molecule has 1 saturated heterocycles. The molecule has 5 rings (SSSR count). The minimum absolute atomic E-state index is 0.0327. The largest absolute Gasteiger partial charge is 0.406 e. The summed E-state index contributed by atoms with van der Waals surface area (Å²) in [6.07, 6.45) is -3.24. The molecule has 3 aromatic heterocycles. The predicted octanol–water partition coefficient (Wildman–Crippen LogP) is 3.13. The van der Waals surface area contributed by atoms with Crippen LogP contribution in [0.2, 0.25) is 0 Å². The number of rotatable bonds is 8. The van der Waals surface area contributed by atoms with Crippen LogP contribution in [0.3, 0.4) is 0 Å². The number of nitrogens with one attached hydrogen (secondary N) is 2. The van der Waals surface area contributed by atoms with Crippen LogP contribution in [0.15, 0.2) is 35.0 Å². The van der Waals surface area contributed by atoms with E-state index in [9.17, 15) is 17.6 Å². The third-order valence-corrected chi connectivity index (χ3v) is 6.30. The molecule has 10 nitrogen and oxygen atoms in total. The SMILES string of the molecule is CN1CC[C@@H](Nc2cccc3c2cc(-c2noc(CNCc4cn(C)nn4)n2)n3CC(F)(F)F)[C@@H](F)C1. The molecule has 0 aliphatic carbocycles. The monoisotopic (exact) mass is 521 g/mol. The summed E-state index contributed by atoms with van der Waals surface area (Å²) in [5.74, 6) is 0.248. The van der Waals surface area contributed by atoms with E-state index in [1.54, 1.807) is 42.2 Å². The number of aromatic nitrogens is 6. The van der Waals surface area contributed by atoms with Gasteiger partial charge in [0.25, 0.3) is 0 Å². The van der Waals surface area contributed by atoms with Crippen molar-refractivity contribution in [1.82, 2.24) is 39.9 Å². The van der Waals surface area contributed by atoms with Crippen molar-refractivity contribution in [3.8, 4) is 11.5 Å². The fourth-order valence-corrected chi connectivity index (χ4v) is 4.57. The first-order chi connectivity index (χ1) is 17.7. The highest BCUT2D eigenvalue weighted by atomic mass is 19.4. The molecule has 0 spiro atoms. The summed E-state index contributed by atoms with van der Waals surface area (Å²) < 4.78 is 63.3. The second-order valence-electron chi connectivity index (χ2n) is 9.29. The van der Waals surface area contributed by atoms with Crippen molar-refractivity contribution in [2.45, 2.75) is 44.4 Å². The Labute approximate surface area is 209 Å². The number of alkyl halides is 4. The molecular weight excluding hydrogens is 494 g/mol. The van der Waals surface area contributed by atoms with Gasteiger partial charge in [-0.1, -0.05) is 16.4 Å². The predicted molar refractivity (Wildman–Crippen MR) is 127 cm³/mol. The van der Waals surface area contributed by atoms with Gasteiger partial charge >= 0.3 is 6.18 Å². The van der Waals surface area contributed by atoms with Crippen LogP contribution in [-0.4, -0.2) is 73.1 Å². The Balaban J connectivity index is 1.42. The van der Waals surface area contributed by atoms with Crippen LogP contribution < -0.4 is 10.6 Å². The number of piperidine rings is 1. The minimum Gasteiger partial charge on any atom is -0.379 e. The van der Waals surface area contributed by atoms with Gasteiger partial charge in [0.1, 0.15) is 12.7 Å². The lowest BCUT2D eigenvalue weighted by Crippen LogP contribution is -2.46. The number of benzene rings is 1. The van der Waals surface area contributed by atoms with Crippen LogP contribution in [0, 0.1) is 0 Å². The van der Waals surface area contributed by atoms with Crippen molar-refractivity contribution in [3.63, 3.8) is 0 Å². The third kappa shape index (κ3) is 5.74. The molecule has 4 heterocycles. The van der Waals surface area contributed by atoms with E-state index in [0.29, 0.717) is 41.8 Å². The maximum atomic E-state index is 14.7. The number of halogens is 4. The van der Waals surface area contributed by atoms with Gasteiger partial charge in [-0.2, -0.15) is 18.2 Å². The Kier molecular flexibility index (Phi) is 6.86. The number of anilines is 1. The molecule has 4 aromatic rings. The van der Waals surface area contributed by atoms with E-state index in [0.717, 1.165) is 11.1 Å². The molecule has 1 aliphatic rings. The zero-order valence-electron chi connectivity index (χ0n) is 20.3. The van der Waals surface area contributed by atoms with Gasteiger partial charge in [-0.25, -0.2) is 4.39 Å². The minimum atomic E-state index is -4.48. The lowest BCUT2D eigenvalue weighted by Gasteiger charge is -2.33. The first-order valence-electron chi connectivity index (χ1n) is 11.8. The highest BCUT2D eigenvalue weighted by Crippen LogP contribution is 2.35. The van der Waals surface area contributed by atoms with Gasteiger partial charge in [0.2, 0.25) is 11.7 Å². The van der Waals surface area contributed by atoms with E-state index in [2.05, 4.69) is 31.1 Å². The molecule has 0 radical (unpaired) electrons. The summed E-state index contributed by atoms with van der Waals surface area (Å²) in [7, 11) is 3.61. The molecule has 0 amide bonds. The van der Waals surface area contributed by atoms with Crippen molar-refractivity contribution in [2.24, 2.45) is 7.05 Å². The lowest BCUT2D eigenvalue weighted by atomic mass is 10.0. The van der Waals surface area contributed by atoms with Crippen molar-refractivity contribution in [2.75, 3.05) is 25.5 Å². The number of aryl methyl sites for hydroxylation is 1. The zero-order valence-corrected chi connectivity index (χ0v) is 20.3. The summed E-state index contributed by atoms with van der Waals surface area (Å²) in [6.45, 7) is 0.394. The van der Waals surface area contributed by atoms with Crippen molar-refractivity contribution >= 4 is 16.6 Å². The molecule has 1 aromatic carbocycles. The van der Waals surface area contributed by atoms with Gasteiger partial charge in [-0.3, -0.25) is 4.68 Å². The van der Waals surface area contributed by atoms with E-state index in [4.69, 9.17) is 4.52 Å². The van der Waals surface area contributed by atoms with Gasteiger partial charge in [0, 0.05) is 44.0 Å². The number of hydrogen-bond acceptors (Lipinski definition) is 8. The van der Waals surface area contributed by atoms with Crippen LogP contribution in [-0.2, 0) is 26.7 Å². The molecule has 1 aliphatic heterocycles. The number of likely N-dealkylation sites (tertiary alicyclic amines) is 1. The number of fused-ring (bicyclic) bond motifs is 1. The lowest BCUT2D eigenvalue weighted by molar-refractivity contribution is -0.139. The molecule has 2 N–H and O–H groups in total. The average Bonchev–Trinajstić information content (AvgIpc) is 3.55. The fraction of sp³-hybridized carbons (Fsp3) is 0.478. The van der Waals surface area contributed by atoms with Crippen LogP contribution in [0.4, 0.5) is 23.2 Å². The quantitative estimate of drug-likeness (QED) is 0.341. The Morgan fingerprint density at radius 2 is 2.03 bits per heavy atom. The summed E-state index contributed by atoms with van der Waals surface area (Å²) in [5.41, 5.74) is 1.78. The molecule has 37 heavy (non-hydrogen) atoms.